The van der Waals surface area contributed by atoms with Crippen molar-refractivity contribution < 1.29 is 4.74 Å². The fourth-order valence-electron chi connectivity index (χ4n) is 5.30. The molecule has 5 rings (SSSR count). The molecule has 3 aliphatic rings. The number of fused-ring (bicyclic) bond motifs is 3. The molecule has 2 aliphatic heterocycles. The van der Waals surface area contributed by atoms with Gasteiger partial charge in [-0.05, 0) is 54.9 Å². The fraction of sp³-hybridized carbons (Fsp3) is 0.500. The first kappa shape index (κ1) is 16.4. The maximum Gasteiger partial charge on any atom is 0.0893 e. The minimum Gasteiger partial charge on any atom is -0.384 e. The summed E-state index contributed by atoms with van der Waals surface area (Å²) in [4.78, 5) is 0. The second-order valence-electron chi connectivity index (χ2n) is 8.38. The molecule has 2 aromatic carbocycles. The third kappa shape index (κ3) is 3.05. The fourth-order valence-corrected chi connectivity index (χ4v) is 5.30. The van der Waals surface area contributed by atoms with Crippen LogP contribution in [-0.2, 0) is 4.74 Å². The topological polar surface area (TPSA) is 21.3 Å². The van der Waals surface area contributed by atoms with Crippen LogP contribution in [0.25, 0.3) is 11.1 Å². The summed E-state index contributed by atoms with van der Waals surface area (Å²) in [7, 11) is 0. The molecule has 0 amide bonds. The van der Waals surface area contributed by atoms with E-state index in [0.717, 1.165) is 12.5 Å². The molecule has 1 saturated heterocycles. The second kappa shape index (κ2) is 7.08. The van der Waals surface area contributed by atoms with Crippen LogP contribution in [0.4, 0.5) is 5.69 Å². The lowest BCUT2D eigenvalue weighted by Gasteiger charge is -2.44. The van der Waals surface area contributed by atoms with E-state index >= 15 is 0 Å². The Morgan fingerprint density at radius 2 is 1.62 bits per heavy atom. The number of rotatable bonds is 2. The predicted octanol–water partition coefficient (Wildman–Crippen LogP) is 6.20. The molecule has 0 spiro atoms. The van der Waals surface area contributed by atoms with Crippen LogP contribution in [0.2, 0.25) is 0 Å². The number of hydrogen-bond acceptors (Lipinski definition) is 2. The van der Waals surface area contributed by atoms with E-state index in [4.69, 9.17) is 4.74 Å². The Kier molecular flexibility index (Phi) is 4.46. The van der Waals surface area contributed by atoms with Crippen molar-refractivity contribution in [2.45, 2.75) is 57.2 Å². The van der Waals surface area contributed by atoms with Gasteiger partial charge in [-0.2, -0.15) is 0 Å². The average Bonchev–Trinajstić information content (AvgIpc) is 2.74. The Morgan fingerprint density at radius 3 is 2.46 bits per heavy atom. The first-order valence-electron chi connectivity index (χ1n) is 10.5. The zero-order chi connectivity index (χ0) is 17.3. The summed E-state index contributed by atoms with van der Waals surface area (Å²) < 4.78 is 6.81. The summed E-state index contributed by atoms with van der Waals surface area (Å²) in [6.07, 6.45) is 10.3. The molecule has 1 aliphatic carbocycles. The second-order valence-corrected chi connectivity index (χ2v) is 8.38. The molecule has 2 heteroatoms. The van der Waals surface area contributed by atoms with E-state index in [1.165, 1.54) is 67.3 Å². The molecule has 2 nitrogen and oxygen atoms in total. The first-order valence-corrected chi connectivity index (χ1v) is 10.5. The van der Waals surface area contributed by atoms with Gasteiger partial charge in [0.1, 0.15) is 0 Å². The molecule has 2 aromatic rings. The quantitative estimate of drug-likeness (QED) is 0.699. The summed E-state index contributed by atoms with van der Waals surface area (Å²) in [6, 6.07) is 17.6. The van der Waals surface area contributed by atoms with E-state index in [2.05, 4.69) is 53.8 Å². The van der Waals surface area contributed by atoms with Crippen molar-refractivity contribution in [1.82, 2.24) is 0 Å². The Balaban J connectivity index is 1.44. The predicted molar refractivity (Wildman–Crippen MR) is 107 cm³/mol. The van der Waals surface area contributed by atoms with Crippen LogP contribution >= 0.6 is 0 Å². The van der Waals surface area contributed by atoms with Crippen molar-refractivity contribution in [2.24, 2.45) is 11.8 Å². The number of nitrogens with one attached hydrogen (secondary N) is 1. The Hall–Kier alpha value is -1.80. The molecule has 136 valence electrons. The maximum absolute atomic E-state index is 6.81. The third-order valence-corrected chi connectivity index (χ3v) is 6.77. The van der Waals surface area contributed by atoms with Crippen molar-refractivity contribution in [3.05, 3.63) is 54.1 Å². The summed E-state index contributed by atoms with van der Waals surface area (Å²) in [6.45, 7) is 1.06. The van der Waals surface area contributed by atoms with Crippen LogP contribution in [0.15, 0.2) is 48.5 Å². The zero-order valence-electron chi connectivity index (χ0n) is 15.5. The Bertz CT molecular complexity index is 750. The standard InChI is InChI=1S/C24H29NO/c1-3-7-17(8-4-1)19-11-13-22-21(15-19)24-20(16-25-22)12-14-23(26-24)18-9-5-2-6-10-18/h1,3-4,7-8,11,13,15,18,20,23-25H,2,5-6,9-10,12,14,16H2. The lowest BCUT2D eigenvalue weighted by Crippen LogP contribution is -2.40. The highest BCUT2D eigenvalue weighted by atomic mass is 16.5. The van der Waals surface area contributed by atoms with Gasteiger partial charge in [-0.15, -0.1) is 0 Å². The molecule has 26 heavy (non-hydrogen) atoms. The molecular formula is C24H29NO. The Morgan fingerprint density at radius 1 is 0.769 bits per heavy atom. The molecule has 3 atom stereocenters. The van der Waals surface area contributed by atoms with E-state index in [1.807, 2.05) is 0 Å². The molecule has 1 N–H and O–H groups in total. The molecule has 2 fully saturated rings. The molecular weight excluding hydrogens is 318 g/mol. The normalized spacial score (nSPS) is 28.7. The number of hydrogen-bond donors (Lipinski definition) is 1. The lowest BCUT2D eigenvalue weighted by molar-refractivity contribution is -0.113. The maximum atomic E-state index is 6.81. The van der Waals surface area contributed by atoms with Gasteiger partial charge in [-0.3, -0.25) is 0 Å². The van der Waals surface area contributed by atoms with E-state index in [0.29, 0.717) is 12.0 Å². The number of ether oxygens (including phenoxy) is 1. The average molecular weight is 348 g/mol. The lowest BCUT2D eigenvalue weighted by atomic mass is 9.78. The van der Waals surface area contributed by atoms with Crippen molar-refractivity contribution in [3.8, 4) is 11.1 Å². The molecule has 0 bridgehead atoms. The molecule has 3 unspecified atom stereocenters. The van der Waals surface area contributed by atoms with E-state index in [1.54, 1.807) is 0 Å². The van der Waals surface area contributed by atoms with Gasteiger partial charge in [0, 0.05) is 23.7 Å². The SMILES string of the molecule is c1ccc(-c2ccc3c(c2)C2OC(C4CCCCC4)CCC2CN3)cc1. The van der Waals surface area contributed by atoms with Crippen molar-refractivity contribution >= 4 is 5.69 Å². The summed E-state index contributed by atoms with van der Waals surface area (Å²) in [5.41, 5.74) is 5.24. The molecule has 1 saturated carbocycles. The van der Waals surface area contributed by atoms with E-state index in [-0.39, 0.29) is 6.10 Å². The van der Waals surface area contributed by atoms with Gasteiger partial charge >= 0.3 is 0 Å². The van der Waals surface area contributed by atoms with Crippen molar-refractivity contribution in [2.75, 3.05) is 11.9 Å². The zero-order valence-corrected chi connectivity index (χ0v) is 15.5. The summed E-state index contributed by atoms with van der Waals surface area (Å²) in [5.74, 6) is 1.41. The van der Waals surface area contributed by atoms with Crippen LogP contribution in [0, 0.1) is 11.8 Å². The van der Waals surface area contributed by atoms with E-state index in [9.17, 15) is 0 Å². The summed E-state index contributed by atoms with van der Waals surface area (Å²) in [5, 5.41) is 3.65. The van der Waals surface area contributed by atoms with Crippen LogP contribution in [0.3, 0.4) is 0 Å². The van der Waals surface area contributed by atoms with Gasteiger partial charge < -0.3 is 10.1 Å². The van der Waals surface area contributed by atoms with Gasteiger partial charge in [0.05, 0.1) is 12.2 Å². The smallest absolute Gasteiger partial charge is 0.0893 e. The molecule has 0 aromatic heterocycles. The van der Waals surface area contributed by atoms with Crippen LogP contribution < -0.4 is 5.32 Å². The Labute approximate surface area is 157 Å². The van der Waals surface area contributed by atoms with Gasteiger partial charge in [-0.1, -0.05) is 55.7 Å². The van der Waals surface area contributed by atoms with Gasteiger partial charge in [-0.25, -0.2) is 0 Å². The largest absolute Gasteiger partial charge is 0.384 e. The highest BCUT2D eigenvalue weighted by Crippen LogP contribution is 2.46. The van der Waals surface area contributed by atoms with Crippen molar-refractivity contribution in [3.63, 3.8) is 0 Å². The first-order chi connectivity index (χ1) is 12.9. The minimum absolute atomic E-state index is 0.274. The van der Waals surface area contributed by atoms with Gasteiger partial charge in [0.2, 0.25) is 0 Å². The highest BCUT2D eigenvalue weighted by Gasteiger charge is 2.39. The van der Waals surface area contributed by atoms with E-state index < -0.39 is 0 Å². The van der Waals surface area contributed by atoms with Gasteiger partial charge in [0.25, 0.3) is 0 Å². The number of benzene rings is 2. The molecule has 0 radical (unpaired) electrons. The monoisotopic (exact) mass is 347 g/mol. The van der Waals surface area contributed by atoms with Crippen molar-refractivity contribution in [1.29, 1.82) is 0 Å². The number of anilines is 1. The van der Waals surface area contributed by atoms with Crippen LogP contribution in [0.5, 0.6) is 0 Å². The molecule has 2 heterocycles. The van der Waals surface area contributed by atoms with Gasteiger partial charge in [0.15, 0.2) is 0 Å². The third-order valence-electron chi connectivity index (χ3n) is 6.77. The van der Waals surface area contributed by atoms with Crippen LogP contribution in [-0.4, -0.2) is 12.6 Å². The highest BCUT2D eigenvalue weighted by molar-refractivity contribution is 5.69. The summed E-state index contributed by atoms with van der Waals surface area (Å²) >= 11 is 0. The minimum atomic E-state index is 0.274. The van der Waals surface area contributed by atoms with Crippen LogP contribution in [0.1, 0.15) is 56.6 Å².